The Morgan fingerprint density at radius 2 is 1.83 bits per heavy atom. The highest BCUT2D eigenvalue weighted by molar-refractivity contribution is 6.30. The summed E-state index contributed by atoms with van der Waals surface area (Å²) in [6.07, 6.45) is -0.223. The van der Waals surface area contributed by atoms with Gasteiger partial charge in [0.1, 0.15) is 0 Å². The Hall–Kier alpha value is -2.02. The van der Waals surface area contributed by atoms with E-state index in [2.05, 4.69) is 10.4 Å². The smallest absolute Gasteiger partial charge is 0.349 e. The number of hydrogen-bond acceptors (Lipinski definition) is 2. The fourth-order valence-corrected chi connectivity index (χ4v) is 3.02. The first-order chi connectivity index (χ1) is 11.4. The van der Waals surface area contributed by atoms with Crippen LogP contribution < -0.4 is 5.32 Å². The lowest BCUT2D eigenvalue weighted by molar-refractivity contribution is -0.143. The Bertz CT molecular complexity index is 734. The quantitative estimate of drug-likeness (QED) is 0.894. The second-order valence-electron chi connectivity index (χ2n) is 5.75. The summed E-state index contributed by atoms with van der Waals surface area (Å²) in [6, 6.07) is 5.71. The number of carbonyl (C=O) groups is 1. The van der Waals surface area contributed by atoms with Crippen LogP contribution in [0.3, 0.4) is 0 Å². The summed E-state index contributed by atoms with van der Waals surface area (Å²) in [4.78, 5) is 12.3. The van der Waals surface area contributed by atoms with Crippen molar-refractivity contribution in [2.75, 3.05) is 0 Å². The molecule has 24 heavy (non-hydrogen) atoms. The van der Waals surface area contributed by atoms with Crippen molar-refractivity contribution in [3.05, 3.63) is 46.7 Å². The van der Waals surface area contributed by atoms with Crippen LogP contribution in [0.15, 0.2) is 30.5 Å². The average Bonchev–Trinajstić information content (AvgIpc) is 3.16. The van der Waals surface area contributed by atoms with Crippen LogP contribution in [0.5, 0.6) is 0 Å². The van der Waals surface area contributed by atoms with E-state index in [-0.39, 0.29) is 11.7 Å². The number of amides is 1. The molecule has 1 saturated carbocycles. The number of carbonyl (C=O) groups excluding carboxylic acids is 1. The van der Waals surface area contributed by atoms with E-state index in [1.54, 1.807) is 0 Å². The summed E-state index contributed by atoms with van der Waals surface area (Å²) in [5, 5.41) is 6.84. The summed E-state index contributed by atoms with van der Waals surface area (Å²) < 4.78 is 41.3. The minimum Gasteiger partial charge on any atom is -0.349 e. The third kappa shape index (κ3) is 3.40. The Kier molecular flexibility index (Phi) is 4.54. The molecule has 0 bridgehead atoms. The molecule has 3 rings (SSSR count). The molecular weight excluding hydrogens is 343 g/mol. The summed E-state index contributed by atoms with van der Waals surface area (Å²) in [5.41, 5.74) is -1.36. The lowest BCUT2D eigenvalue weighted by Gasteiger charge is -2.15. The maximum absolute atomic E-state index is 13.5. The molecule has 8 heteroatoms. The predicted molar refractivity (Wildman–Crippen MR) is 83.3 cm³/mol. The first-order valence-corrected chi connectivity index (χ1v) is 7.96. The van der Waals surface area contributed by atoms with Crippen molar-refractivity contribution in [3.63, 3.8) is 0 Å². The molecule has 0 unspecified atom stereocenters. The molecular formula is C16H15ClF3N3O. The van der Waals surface area contributed by atoms with E-state index in [0.717, 1.165) is 36.6 Å². The normalized spacial score (nSPS) is 15.7. The minimum absolute atomic E-state index is 0.0718. The molecule has 0 spiro atoms. The van der Waals surface area contributed by atoms with Gasteiger partial charge in [0.05, 0.1) is 17.4 Å². The zero-order valence-corrected chi connectivity index (χ0v) is 13.4. The summed E-state index contributed by atoms with van der Waals surface area (Å²) >= 11 is 5.76. The Morgan fingerprint density at radius 1 is 1.21 bits per heavy atom. The topological polar surface area (TPSA) is 46.9 Å². The third-order valence-electron chi connectivity index (χ3n) is 4.04. The third-order valence-corrected chi connectivity index (χ3v) is 4.30. The van der Waals surface area contributed by atoms with E-state index in [9.17, 15) is 18.0 Å². The van der Waals surface area contributed by atoms with E-state index >= 15 is 0 Å². The SMILES string of the molecule is O=C(NC1CCCC1)c1cnn(-c2ccc(Cl)cc2)c1C(F)(F)F. The maximum Gasteiger partial charge on any atom is 0.434 e. The van der Waals surface area contributed by atoms with Crippen LogP contribution in [0.2, 0.25) is 5.02 Å². The fourth-order valence-electron chi connectivity index (χ4n) is 2.90. The van der Waals surface area contributed by atoms with Crippen molar-refractivity contribution >= 4 is 17.5 Å². The molecule has 0 radical (unpaired) electrons. The highest BCUT2D eigenvalue weighted by atomic mass is 35.5. The lowest BCUT2D eigenvalue weighted by Crippen LogP contribution is -2.34. The summed E-state index contributed by atoms with van der Waals surface area (Å²) in [6.45, 7) is 0. The molecule has 0 aliphatic heterocycles. The number of halogens is 4. The van der Waals surface area contributed by atoms with Gasteiger partial charge in [-0.3, -0.25) is 4.79 Å². The number of hydrogen-bond donors (Lipinski definition) is 1. The number of aromatic nitrogens is 2. The molecule has 1 N–H and O–H groups in total. The maximum atomic E-state index is 13.5. The van der Waals surface area contributed by atoms with Gasteiger partial charge >= 0.3 is 6.18 Å². The van der Waals surface area contributed by atoms with E-state index < -0.39 is 23.3 Å². The Labute approximate surface area is 141 Å². The molecule has 2 aromatic rings. The molecule has 0 atom stereocenters. The van der Waals surface area contributed by atoms with E-state index in [0.29, 0.717) is 5.02 Å². The largest absolute Gasteiger partial charge is 0.434 e. The van der Waals surface area contributed by atoms with Gasteiger partial charge in [0.25, 0.3) is 5.91 Å². The van der Waals surface area contributed by atoms with Crippen molar-refractivity contribution in [2.24, 2.45) is 0 Å². The van der Waals surface area contributed by atoms with Gasteiger partial charge in [-0.2, -0.15) is 18.3 Å². The second kappa shape index (κ2) is 6.47. The lowest BCUT2D eigenvalue weighted by atomic mass is 10.2. The van der Waals surface area contributed by atoms with Gasteiger partial charge in [0.15, 0.2) is 5.69 Å². The summed E-state index contributed by atoms with van der Waals surface area (Å²) in [5.74, 6) is -0.741. The van der Waals surface area contributed by atoms with E-state index in [4.69, 9.17) is 11.6 Å². The standard InChI is InChI=1S/C16H15ClF3N3O/c17-10-5-7-12(8-6-10)23-14(16(18,19)20)13(9-21-23)15(24)22-11-3-1-2-4-11/h5-9,11H,1-4H2,(H,22,24). The highest BCUT2D eigenvalue weighted by Gasteiger charge is 2.40. The van der Waals surface area contributed by atoms with Crippen LogP contribution in [-0.4, -0.2) is 21.7 Å². The van der Waals surface area contributed by atoms with Crippen LogP contribution in [0, 0.1) is 0 Å². The zero-order valence-electron chi connectivity index (χ0n) is 12.6. The van der Waals surface area contributed by atoms with E-state index in [1.807, 2.05) is 0 Å². The molecule has 0 saturated heterocycles. The number of nitrogens with zero attached hydrogens (tertiary/aromatic N) is 2. The molecule has 1 aromatic heterocycles. The fraction of sp³-hybridized carbons (Fsp3) is 0.375. The molecule has 1 aliphatic carbocycles. The summed E-state index contributed by atoms with van der Waals surface area (Å²) in [7, 11) is 0. The van der Waals surface area contributed by atoms with Gasteiger partial charge in [0.2, 0.25) is 0 Å². The van der Waals surface area contributed by atoms with Crippen molar-refractivity contribution in [2.45, 2.75) is 37.9 Å². The van der Waals surface area contributed by atoms with Gasteiger partial charge < -0.3 is 5.32 Å². The van der Waals surface area contributed by atoms with Gasteiger partial charge in [-0.1, -0.05) is 24.4 Å². The second-order valence-corrected chi connectivity index (χ2v) is 6.18. The predicted octanol–water partition coefficient (Wildman–Crippen LogP) is 4.22. The molecule has 1 aromatic carbocycles. The number of rotatable bonds is 3. The van der Waals surface area contributed by atoms with Crippen LogP contribution in [-0.2, 0) is 6.18 Å². The van der Waals surface area contributed by atoms with Crippen molar-refractivity contribution < 1.29 is 18.0 Å². The molecule has 1 fully saturated rings. The van der Waals surface area contributed by atoms with Crippen LogP contribution in [0.25, 0.3) is 5.69 Å². The van der Waals surface area contributed by atoms with Crippen molar-refractivity contribution in [1.29, 1.82) is 0 Å². The van der Waals surface area contributed by atoms with E-state index in [1.165, 1.54) is 24.3 Å². The first kappa shape index (κ1) is 16.8. The van der Waals surface area contributed by atoms with Crippen LogP contribution in [0.1, 0.15) is 41.7 Å². The number of nitrogens with one attached hydrogen (secondary N) is 1. The highest BCUT2D eigenvalue weighted by Crippen LogP contribution is 2.34. The molecule has 1 heterocycles. The molecule has 128 valence electrons. The van der Waals surface area contributed by atoms with Crippen LogP contribution >= 0.6 is 11.6 Å². The van der Waals surface area contributed by atoms with Gasteiger partial charge in [-0.05, 0) is 37.1 Å². The molecule has 1 aliphatic rings. The average molecular weight is 358 g/mol. The van der Waals surface area contributed by atoms with Gasteiger partial charge in [-0.15, -0.1) is 0 Å². The van der Waals surface area contributed by atoms with Crippen LogP contribution in [0.4, 0.5) is 13.2 Å². The Morgan fingerprint density at radius 3 is 2.42 bits per heavy atom. The zero-order chi connectivity index (χ0) is 17.3. The van der Waals surface area contributed by atoms with Gasteiger partial charge in [-0.25, -0.2) is 4.68 Å². The number of benzene rings is 1. The molecule has 1 amide bonds. The monoisotopic (exact) mass is 357 g/mol. The molecule has 4 nitrogen and oxygen atoms in total. The Balaban J connectivity index is 1.97. The van der Waals surface area contributed by atoms with Crippen molar-refractivity contribution in [3.8, 4) is 5.69 Å². The first-order valence-electron chi connectivity index (χ1n) is 7.58. The van der Waals surface area contributed by atoms with Gasteiger partial charge in [0, 0.05) is 11.1 Å². The van der Waals surface area contributed by atoms with Crippen molar-refractivity contribution in [1.82, 2.24) is 15.1 Å². The minimum atomic E-state index is -4.71. The number of alkyl halides is 3.